The summed E-state index contributed by atoms with van der Waals surface area (Å²) in [6, 6.07) is 15.4. The Morgan fingerprint density at radius 2 is 1.88 bits per heavy atom. The Morgan fingerprint density at radius 3 is 2.56 bits per heavy atom. The maximum absolute atomic E-state index is 12.0. The molecule has 0 unspecified atom stereocenters. The fraction of sp³-hybridized carbons (Fsp3) is 0.250. The number of quaternary nitrogens is 1. The lowest BCUT2D eigenvalue weighted by atomic mass is 10.2. The van der Waals surface area contributed by atoms with Crippen LogP contribution < -0.4 is 15.1 Å². The molecule has 0 atom stereocenters. The number of carbonyl (C=O) groups is 1. The molecule has 2 aromatic carbocycles. The van der Waals surface area contributed by atoms with Crippen molar-refractivity contribution in [1.29, 1.82) is 0 Å². The van der Waals surface area contributed by atoms with Gasteiger partial charge in [-0.1, -0.05) is 23.7 Å². The van der Waals surface area contributed by atoms with Crippen LogP contribution in [-0.2, 0) is 4.79 Å². The topological polar surface area (TPSA) is 36.8 Å². The van der Waals surface area contributed by atoms with Gasteiger partial charge in [-0.3, -0.25) is 4.79 Å². The van der Waals surface area contributed by atoms with Crippen LogP contribution in [-0.4, -0.2) is 39.1 Å². The van der Waals surface area contributed by atoms with Crippen molar-refractivity contribution in [3.05, 3.63) is 65.2 Å². The average molecular weight is 357 g/mol. The molecule has 3 rings (SSSR count). The summed E-state index contributed by atoms with van der Waals surface area (Å²) in [6.45, 7) is 4.46. The lowest BCUT2D eigenvalue weighted by molar-refractivity contribution is -0.880. The fourth-order valence-electron chi connectivity index (χ4n) is 2.87. The number of anilines is 2. The van der Waals surface area contributed by atoms with E-state index in [1.54, 1.807) is 11.0 Å². The van der Waals surface area contributed by atoms with Crippen molar-refractivity contribution in [1.82, 2.24) is 0 Å². The minimum atomic E-state index is -0.157. The lowest BCUT2D eigenvalue weighted by Gasteiger charge is -2.31. The summed E-state index contributed by atoms with van der Waals surface area (Å²) in [6.07, 6.45) is 3.27. The summed E-state index contributed by atoms with van der Waals surface area (Å²) in [5.41, 5.74) is 2.90. The second kappa shape index (κ2) is 8.19. The predicted octanol–water partition coefficient (Wildman–Crippen LogP) is 2.33. The molecule has 1 aliphatic rings. The standard InChI is InChI=1S/C20H22ClN3O/c1-23-11-13-24(14-12-23)19-8-6-18(7-9-19)22-20(25)10-5-16-3-2-4-17(21)15-16/h2-10,15H,11-14H2,1H3,(H,22,25)/p+1/b10-5+. The Kier molecular flexibility index (Phi) is 5.74. The van der Waals surface area contributed by atoms with Crippen LogP contribution in [0.3, 0.4) is 0 Å². The first-order valence-corrected chi connectivity index (χ1v) is 8.89. The third-order valence-electron chi connectivity index (χ3n) is 4.39. The number of piperazine rings is 1. The number of amides is 1. The van der Waals surface area contributed by atoms with E-state index in [9.17, 15) is 4.79 Å². The number of nitrogens with zero attached hydrogens (tertiary/aromatic N) is 1. The van der Waals surface area contributed by atoms with Gasteiger partial charge in [0.2, 0.25) is 5.91 Å². The first kappa shape index (κ1) is 17.5. The number of nitrogens with one attached hydrogen (secondary N) is 2. The monoisotopic (exact) mass is 356 g/mol. The number of likely N-dealkylation sites (N-methyl/N-ethyl adjacent to an activating group) is 1. The van der Waals surface area contributed by atoms with Crippen LogP contribution in [0.15, 0.2) is 54.6 Å². The van der Waals surface area contributed by atoms with Crippen LogP contribution in [0.2, 0.25) is 5.02 Å². The number of rotatable bonds is 4. The molecule has 1 heterocycles. The smallest absolute Gasteiger partial charge is 0.248 e. The molecule has 2 N–H and O–H groups in total. The van der Waals surface area contributed by atoms with Gasteiger partial charge in [-0.2, -0.15) is 0 Å². The number of benzene rings is 2. The van der Waals surface area contributed by atoms with Gasteiger partial charge in [0.1, 0.15) is 0 Å². The molecule has 1 aliphatic heterocycles. The number of carbonyl (C=O) groups excluding carboxylic acids is 1. The summed E-state index contributed by atoms with van der Waals surface area (Å²) in [4.78, 5) is 16.0. The highest BCUT2D eigenvalue weighted by molar-refractivity contribution is 6.30. The zero-order chi connectivity index (χ0) is 17.6. The number of halogens is 1. The predicted molar refractivity (Wildman–Crippen MR) is 104 cm³/mol. The van der Waals surface area contributed by atoms with Gasteiger partial charge in [0.15, 0.2) is 0 Å². The van der Waals surface area contributed by atoms with E-state index in [1.165, 1.54) is 11.8 Å². The Hall–Kier alpha value is -2.30. The molecule has 25 heavy (non-hydrogen) atoms. The summed E-state index contributed by atoms with van der Waals surface area (Å²) in [5.74, 6) is -0.157. The Balaban J connectivity index is 1.56. The second-order valence-electron chi connectivity index (χ2n) is 6.37. The third kappa shape index (κ3) is 5.08. The third-order valence-corrected chi connectivity index (χ3v) is 4.63. The maximum atomic E-state index is 12.0. The fourth-order valence-corrected chi connectivity index (χ4v) is 3.07. The van der Waals surface area contributed by atoms with Gasteiger partial charge in [0.25, 0.3) is 0 Å². The summed E-state index contributed by atoms with van der Waals surface area (Å²) in [7, 11) is 2.23. The van der Waals surface area contributed by atoms with Gasteiger partial charge < -0.3 is 15.1 Å². The Labute approximate surface area is 153 Å². The van der Waals surface area contributed by atoms with E-state index in [1.807, 2.05) is 36.4 Å². The molecule has 0 bridgehead atoms. The highest BCUT2D eigenvalue weighted by atomic mass is 35.5. The zero-order valence-electron chi connectivity index (χ0n) is 14.3. The van der Waals surface area contributed by atoms with Crippen LogP contribution >= 0.6 is 11.6 Å². The summed E-state index contributed by atoms with van der Waals surface area (Å²) < 4.78 is 0. The maximum Gasteiger partial charge on any atom is 0.248 e. The molecular weight excluding hydrogens is 334 g/mol. The first-order chi connectivity index (χ1) is 12.1. The summed E-state index contributed by atoms with van der Waals surface area (Å²) >= 11 is 5.94. The number of hydrogen-bond acceptors (Lipinski definition) is 2. The van der Waals surface area contributed by atoms with Crippen molar-refractivity contribution < 1.29 is 9.69 Å². The largest absolute Gasteiger partial charge is 0.360 e. The Morgan fingerprint density at radius 1 is 1.16 bits per heavy atom. The molecule has 2 aromatic rings. The van der Waals surface area contributed by atoms with E-state index in [2.05, 4.69) is 29.4 Å². The second-order valence-corrected chi connectivity index (χ2v) is 6.81. The van der Waals surface area contributed by atoms with Crippen molar-refractivity contribution in [3.8, 4) is 0 Å². The van der Waals surface area contributed by atoms with Gasteiger partial charge >= 0.3 is 0 Å². The normalized spacial score (nSPS) is 15.5. The van der Waals surface area contributed by atoms with Gasteiger partial charge in [-0.05, 0) is 48.0 Å². The molecule has 1 saturated heterocycles. The van der Waals surface area contributed by atoms with Crippen molar-refractivity contribution in [2.45, 2.75) is 0 Å². The Bertz CT molecular complexity index is 750. The highest BCUT2D eigenvalue weighted by Crippen LogP contribution is 2.18. The lowest BCUT2D eigenvalue weighted by Crippen LogP contribution is -3.12. The van der Waals surface area contributed by atoms with Gasteiger partial charge in [0.05, 0.1) is 33.2 Å². The highest BCUT2D eigenvalue weighted by Gasteiger charge is 2.16. The molecule has 1 amide bonds. The first-order valence-electron chi connectivity index (χ1n) is 8.51. The quantitative estimate of drug-likeness (QED) is 0.825. The molecular formula is C20H23ClN3O+. The van der Waals surface area contributed by atoms with E-state index in [-0.39, 0.29) is 5.91 Å². The van der Waals surface area contributed by atoms with Crippen LogP contribution in [0.1, 0.15) is 5.56 Å². The molecule has 0 radical (unpaired) electrons. The van der Waals surface area contributed by atoms with E-state index in [4.69, 9.17) is 11.6 Å². The van der Waals surface area contributed by atoms with E-state index in [0.717, 1.165) is 37.4 Å². The van der Waals surface area contributed by atoms with Crippen molar-refractivity contribution in [3.63, 3.8) is 0 Å². The van der Waals surface area contributed by atoms with E-state index < -0.39 is 0 Å². The van der Waals surface area contributed by atoms with E-state index >= 15 is 0 Å². The molecule has 5 heteroatoms. The van der Waals surface area contributed by atoms with Gasteiger partial charge in [0, 0.05) is 22.5 Å². The molecule has 130 valence electrons. The molecule has 1 fully saturated rings. The van der Waals surface area contributed by atoms with Crippen molar-refractivity contribution in [2.75, 3.05) is 43.4 Å². The minimum absolute atomic E-state index is 0.157. The molecule has 4 nitrogen and oxygen atoms in total. The average Bonchev–Trinajstić information content (AvgIpc) is 2.62. The minimum Gasteiger partial charge on any atom is -0.360 e. The van der Waals surface area contributed by atoms with Crippen LogP contribution in [0, 0.1) is 0 Å². The van der Waals surface area contributed by atoms with Crippen molar-refractivity contribution >= 4 is 35.0 Å². The molecule has 0 aromatic heterocycles. The van der Waals surface area contributed by atoms with Crippen LogP contribution in [0.5, 0.6) is 0 Å². The SMILES string of the molecule is C[NH+]1CCN(c2ccc(NC(=O)/C=C/c3cccc(Cl)c3)cc2)CC1. The summed E-state index contributed by atoms with van der Waals surface area (Å²) in [5, 5.41) is 3.54. The van der Waals surface area contributed by atoms with Crippen molar-refractivity contribution in [2.24, 2.45) is 0 Å². The molecule has 0 aliphatic carbocycles. The molecule has 0 spiro atoms. The van der Waals surface area contributed by atoms with Crippen LogP contribution in [0.25, 0.3) is 6.08 Å². The molecule has 0 saturated carbocycles. The number of hydrogen-bond donors (Lipinski definition) is 2. The van der Waals surface area contributed by atoms with Gasteiger partial charge in [-0.25, -0.2) is 0 Å². The zero-order valence-corrected chi connectivity index (χ0v) is 15.1. The van der Waals surface area contributed by atoms with Crippen LogP contribution in [0.4, 0.5) is 11.4 Å². The van der Waals surface area contributed by atoms with Gasteiger partial charge in [-0.15, -0.1) is 0 Å². The van der Waals surface area contributed by atoms with E-state index in [0.29, 0.717) is 5.02 Å².